The van der Waals surface area contributed by atoms with Gasteiger partial charge in [0.25, 0.3) is 0 Å². The van der Waals surface area contributed by atoms with Crippen LogP contribution in [0, 0.1) is 0 Å². The molecule has 0 radical (unpaired) electrons. The van der Waals surface area contributed by atoms with Gasteiger partial charge in [0.1, 0.15) is 0 Å². The number of ether oxygens (including phenoxy) is 4. The van der Waals surface area contributed by atoms with Gasteiger partial charge in [-0.2, -0.15) is 0 Å². The summed E-state index contributed by atoms with van der Waals surface area (Å²) in [5.74, 6) is -1.85. The molecule has 2 N–H and O–H groups in total. The van der Waals surface area contributed by atoms with Gasteiger partial charge in [-0.3, -0.25) is 0 Å². The Kier molecular flexibility index (Phi) is 5.95. The summed E-state index contributed by atoms with van der Waals surface area (Å²) in [6, 6.07) is 0. The number of benzene rings is 1. The van der Waals surface area contributed by atoms with Gasteiger partial charge in [-0.05, 0) is 20.8 Å². The standard InChI is InChI=1S/C14H20O7/c1-5-19-10-8(14(16)17)9(15)11(18-4)13(21-7-3)12(10)20-6-2/h15H,5-7H2,1-4H3,(H,16,17). The van der Waals surface area contributed by atoms with E-state index >= 15 is 0 Å². The average Bonchev–Trinajstić information content (AvgIpc) is 2.43. The van der Waals surface area contributed by atoms with E-state index in [4.69, 9.17) is 18.9 Å². The zero-order valence-corrected chi connectivity index (χ0v) is 12.6. The molecule has 21 heavy (non-hydrogen) atoms. The summed E-state index contributed by atoms with van der Waals surface area (Å²) in [4.78, 5) is 11.4. The van der Waals surface area contributed by atoms with Gasteiger partial charge in [0.05, 0.1) is 26.9 Å². The van der Waals surface area contributed by atoms with Crippen molar-refractivity contribution in [3.8, 4) is 28.7 Å². The Morgan fingerprint density at radius 1 is 0.905 bits per heavy atom. The first-order chi connectivity index (χ1) is 10.0. The highest BCUT2D eigenvalue weighted by Gasteiger charge is 2.31. The number of carboxylic acid groups (broad SMARTS) is 1. The lowest BCUT2D eigenvalue weighted by molar-refractivity contribution is 0.0686. The fourth-order valence-corrected chi connectivity index (χ4v) is 1.87. The number of carboxylic acids is 1. The number of phenols is 1. The fourth-order valence-electron chi connectivity index (χ4n) is 1.87. The van der Waals surface area contributed by atoms with Crippen molar-refractivity contribution < 1.29 is 34.0 Å². The van der Waals surface area contributed by atoms with Gasteiger partial charge in [-0.15, -0.1) is 0 Å². The zero-order chi connectivity index (χ0) is 16.0. The minimum atomic E-state index is -1.35. The molecule has 0 unspecified atom stereocenters. The maximum atomic E-state index is 11.4. The average molecular weight is 300 g/mol. The maximum Gasteiger partial charge on any atom is 0.343 e. The lowest BCUT2D eigenvalue weighted by atomic mass is 10.1. The summed E-state index contributed by atoms with van der Waals surface area (Å²) in [7, 11) is 1.30. The van der Waals surface area contributed by atoms with Crippen molar-refractivity contribution in [2.45, 2.75) is 20.8 Å². The van der Waals surface area contributed by atoms with E-state index in [2.05, 4.69) is 0 Å². The van der Waals surface area contributed by atoms with Gasteiger partial charge < -0.3 is 29.2 Å². The third-order valence-electron chi connectivity index (χ3n) is 2.58. The Hall–Kier alpha value is -2.31. The summed E-state index contributed by atoms with van der Waals surface area (Å²) in [6.07, 6.45) is 0. The Morgan fingerprint density at radius 3 is 1.71 bits per heavy atom. The predicted molar refractivity (Wildman–Crippen MR) is 75.1 cm³/mol. The summed E-state index contributed by atoms with van der Waals surface area (Å²) in [5.41, 5.74) is -0.416. The highest BCUT2D eigenvalue weighted by molar-refractivity contribution is 5.97. The van der Waals surface area contributed by atoms with Gasteiger partial charge in [-0.25, -0.2) is 4.79 Å². The molecule has 1 aromatic carbocycles. The molecule has 0 spiro atoms. The van der Waals surface area contributed by atoms with E-state index in [1.165, 1.54) is 7.11 Å². The normalized spacial score (nSPS) is 10.1. The van der Waals surface area contributed by atoms with Gasteiger partial charge in [0.15, 0.2) is 17.1 Å². The third kappa shape index (κ3) is 3.24. The molecular formula is C14H20O7. The zero-order valence-electron chi connectivity index (χ0n) is 12.6. The van der Waals surface area contributed by atoms with Crippen molar-refractivity contribution in [3.05, 3.63) is 5.56 Å². The number of methoxy groups -OCH3 is 1. The summed E-state index contributed by atoms with van der Waals surface area (Å²) < 4.78 is 21.3. The van der Waals surface area contributed by atoms with Crippen LogP contribution >= 0.6 is 0 Å². The van der Waals surface area contributed by atoms with Crippen molar-refractivity contribution >= 4 is 5.97 Å². The second-order valence-corrected chi connectivity index (χ2v) is 3.85. The SMILES string of the molecule is CCOc1c(OC)c(O)c(C(=O)O)c(OCC)c1OCC. The smallest absolute Gasteiger partial charge is 0.343 e. The van der Waals surface area contributed by atoms with E-state index in [0.29, 0.717) is 0 Å². The van der Waals surface area contributed by atoms with Crippen LogP contribution in [-0.4, -0.2) is 43.1 Å². The molecule has 0 atom stereocenters. The first kappa shape index (κ1) is 16.7. The molecule has 1 rings (SSSR count). The molecule has 0 aromatic heterocycles. The van der Waals surface area contributed by atoms with Crippen molar-refractivity contribution in [2.24, 2.45) is 0 Å². The van der Waals surface area contributed by atoms with Crippen molar-refractivity contribution in [1.29, 1.82) is 0 Å². The van der Waals surface area contributed by atoms with Crippen LogP contribution in [0.25, 0.3) is 0 Å². The number of carbonyl (C=O) groups is 1. The predicted octanol–water partition coefficient (Wildman–Crippen LogP) is 2.30. The van der Waals surface area contributed by atoms with Crippen LogP contribution in [0.1, 0.15) is 31.1 Å². The van der Waals surface area contributed by atoms with Crippen LogP contribution in [0.3, 0.4) is 0 Å². The molecule has 0 aliphatic heterocycles. The van der Waals surface area contributed by atoms with E-state index in [0.717, 1.165) is 0 Å². The first-order valence-electron chi connectivity index (χ1n) is 6.61. The molecular weight excluding hydrogens is 280 g/mol. The minimum Gasteiger partial charge on any atom is -0.503 e. The lowest BCUT2D eigenvalue weighted by Gasteiger charge is -2.20. The van der Waals surface area contributed by atoms with Crippen molar-refractivity contribution in [3.63, 3.8) is 0 Å². The molecule has 7 heteroatoms. The molecule has 7 nitrogen and oxygen atoms in total. The Bertz CT molecular complexity index is 511. The van der Waals surface area contributed by atoms with Crippen LogP contribution in [0.2, 0.25) is 0 Å². The van der Waals surface area contributed by atoms with E-state index in [1.807, 2.05) is 0 Å². The summed E-state index contributed by atoms with van der Waals surface area (Å²) >= 11 is 0. The lowest BCUT2D eigenvalue weighted by Crippen LogP contribution is -2.10. The van der Waals surface area contributed by atoms with E-state index in [1.54, 1.807) is 20.8 Å². The van der Waals surface area contributed by atoms with E-state index < -0.39 is 17.3 Å². The molecule has 0 fully saturated rings. The van der Waals surface area contributed by atoms with Crippen molar-refractivity contribution in [1.82, 2.24) is 0 Å². The molecule has 0 bridgehead atoms. The van der Waals surface area contributed by atoms with E-state index in [9.17, 15) is 15.0 Å². The van der Waals surface area contributed by atoms with Crippen LogP contribution in [0.4, 0.5) is 0 Å². The van der Waals surface area contributed by atoms with Gasteiger partial charge >= 0.3 is 5.97 Å². The van der Waals surface area contributed by atoms with Gasteiger partial charge in [0, 0.05) is 0 Å². The van der Waals surface area contributed by atoms with E-state index in [-0.39, 0.29) is 42.8 Å². The molecule has 118 valence electrons. The number of rotatable bonds is 8. The van der Waals surface area contributed by atoms with Gasteiger partial charge in [-0.1, -0.05) is 0 Å². The maximum absolute atomic E-state index is 11.4. The summed E-state index contributed by atoms with van der Waals surface area (Å²) in [5, 5.41) is 19.5. The number of hydrogen-bond acceptors (Lipinski definition) is 6. The molecule has 0 saturated carbocycles. The second kappa shape index (κ2) is 7.47. The van der Waals surface area contributed by atoms with Crippen LogP contribution < -0.4 is 18.9 Å². The Morgan fingerprint density at radius 2 is 1.33 bits per heavy atom. The minimum absolute atomic E-state index is 0.0754. The molecule has 0 amide bonds. The molecule has 1 aromatic rings. The fraction of sp³-hybridized carbons (Fsp3) is 0.500. The van der Waals surface area contributed by atoms with Gasteiger partial charge in [0.2, 0.25) is 17.2 Å². The van der Waals surface area contributed by atoms with Crippen LogP contribution in [0.5, 0.6) is 28.7 Å². The topological polar surface area (TPSA) is 94.5 Å². The molecule has 0 heterocycles. The quantitative estimate of drug-likeness (QED) is 0.760. The second-order valence-electron chi connectivity index (χ2n) is 3.85. The molecule has 0 aliphatic carbocycles. The summed E-state index contributed by atoms with van der Waals surface area (Å²) in [6.45, 7) is 5.95. The molecule has 0 saturated heterocycles. The molecule has 0 aliphatic rings. The first-order valence-corrected chi connectivity index (χ1v) is 6.61. The van der Waals surface area contributed by atoms with Crippen LogP contribution in [-0.2, 0) is 0 Å². The third-order valence-corrected chi connectivity index (χ3v) is 2.58. The number of aromatic carboxylic acids is 1. The Balaban J connectivity index is 3.74. The largest absolute Gasteiger partial charge is 0.503 e. The monoisotopic (exact) mass is 300 g/mol. The number of hydrogen-bond donors (Lipinski definition) is 2. The van der Waals surface area contributed by atoms with Crippen molar-refractivity contribution in [2.75, 3.05) is 26.9 Å². The highest BCUT2D eigenvalue weighted by Crippen LogP contribution is 2.53. The van der Waals surface area contributed by atoms with Crippen LogP contribution in [0.15, 0.2) is 0 Å². The number of aromatic hydroxyl groups is 1. The Labute approximate surface area is 123 Å². The highest BCUT2D eigenvalue weighted by atomic mass is 16.6.